The third-order valence-electron chi connectivity index (χ3n) is 6.09. The Labute approximate surface area is 233 Å². The Kier molecular flexibility index (Phi) is 9.02. The Morgan fingerprint density at radius 3 is 2.50 bits per heavy atom. The summed E-state index contributed by atoms with van der Waals surface area (Å²) >= 11 is 5.89. The number of carbonyl (C=O) groups is 3. The monoisotopic (exact) mass is 572 g/mol. The molecule has 0 bridgehead atoms. The highest BCUT2D eigenvalue weighted by atomic mass is 35.5. The van der Waals surface area contributed by atoms with Crippen molar-refractivity contribution in [2.75, 3.05) is 30.9 Å². The van der Waals surface area contributed by atoms with E-state index in [1.165, 1.54) is 36.4 Å². The van der Waals surface area contributed by atoms with Crippen LogP contribution >= 0.6 is 11.6 Å². The van der Waals surface area contributed by atoms with E-state index in [9.17, 15) is 19.2 Å². The van der Waals surface area contributed by atoms with Gasteiger partial charge in [-0.3, -0.25) is 14.2 Å². The molecular weight excluding hydrogens is 547 g/mol. The molecule has 3 amide bonds. The predicted molar refractivity (Wildman–Crippen MR) is 145 cm³/mol. The van der Waals surface area contributed by atoms with E-state index in [1.54, 1.807) is 31.2 Å². The standard InChI is InChI=1S/C27H26ClFN4O7/c1-3-39-27(37)40-19-9-11-24(34)32(14-19)18-8-10-22(21(29)12-18)31-25(35)23-13-20(38-2)15-33(23)26(36)30-17-6-4-16(28)5-7-17/h4-12,14,20,23H,3,13,15H2,1-2H3,(H,30,36)(H,31,35)/t20-,23-/m1/s1. The molecule has 4 rings (SSSR count). The topological polar surface area (TPSA) is 128 Å². The van der Waals surface area contributed by atoms with E-state index in [-0.39, 0.29) is 36.7 Å². The van der Waals surface area contributed by atoms with Crippen molar-refractivity contribution in [1.82, 2.24) is 9.47 Å². The second-order valence-corrected chi connectivity index (χ2v) is 9.15. The summed E-state index contributed by atoms with van der Waals surface area (Å²) in [5.74, 6) is -1.42. The average molecular weight is 573 g/mol. The van der Waals surface area contributed by atoms with Crippen molar-refractivity contribution in [3.8, 4) is 11.4 Å². The third kappa shape index (κ3) is 6.77. The summed E-state index contributed by atoms with van der Waals surface area (Å²) in [6, 6.07) is 11.2. The molecule has 0 unspecified atom stereocenters. The number of urea groups is 1. The minimum absolute atomic E-state index is 0.0155. The molecule has 2 heterocycles. The molecule has 0 saturated carbocycles. The molecule has 2 atom stereocenters. The summed E-state index contributed by atoms with van der Waals surface area (Å²) in [6.07, 6.45) is 0.0800. The number of rotatable bonds is 7. The van der Waals surface area contributed by atoms with Crippen molar-refractivity contribution < 1.29 is 33.0 Å². The van der Waals surface area contributed by atoms with Gasteiger partial charge in [0.15, 0.2) is 5.75 Å². The molecule has 40 heavy (non-hydrogen) atoms. The van der Waals surface area contributed by atoms with Crippen molar-refractivity contribution in [2.24, 2.45) is 0 Å². The number of nitrogens with one attached hydrogen (secondary N) is 2. The molecule has 210 valence electrons. The second kappa shape index (κ2) is 12.6. The first-order valence-electron chi connectivity index (χ1n) is 12.2. The van der Waals surface area contributed by atoms with Gasteiger partial charge in [-0.2, -0.15) is 0 Å². The summed E-state index contributed by atoms with van der Waals surface area (Å²) in [5, 5.41) is 5.74. The van der Waals surface area contributed by atoms with Gasteiger partial charge in [0.2, 0.25) is 5.91 Å². The van der Waals surface area contributed by atoms with Gasteiger partial charge in [0.1, 0.15) is 11.9 Å². The lowest BCUT2D eigenvalue weighted by molar-refractivity contribution is -0.119. The predicted octanol–water partition coefficient (Wildman–Crippen LogP) is 4.43. The van der Waals surface area contributed by atoms with E-state index in [2.05, 4.69) is 10.6 Å². The number of benzene rings is 2. The van der Waals surface area contributed by atoms with E-state index in [0.29, 0.717) is 10.7 Å². The highest BCUT2D eigenvalue weighted by molar-refractivity contribution is 6.30. The molecule has 1 saturated heterocycles. The fourth-order valence-corrected chi connectivity index (χ4v) is 4.24. The fourth-order valence-electron chi connectivity index (χ4n) is 4.11. The van der Waals surface area contributed by atoms with Crippen molar-refractivity contribution in [3.05, 3.63) is 82.0 Å². The highest BCUT2D eigenvalue weighted by Gasteiger charge is 2.40. The molecule has 3 aromatic rings. The number of hydrogen-bond acceptors (Lipinski definition) is 7. The molecule has 13 heteroatoms. The minimum atomic E-state index is -0.949. The number of likely N-dealkylation sites (tertiary alicyclic amines) is 1. The van der Waals surface area contributed by atoms with Crippen LogP contribution in [-0.4, -0.2) is 60.0 Å². The maximum atomic E-state index is 15.1. The highest BCUT2D eigenvalue weighted by Crippen LogP contribution is 2.25. The lowest BCUT2D eigenvalue weighted by Crippen LogP contribution is -2.45. The molecule has 1 fully saturated rings. The van der Waals surface area contributed by atoms with Crippen LogP contribution in [0, 0.1) is 5.82 Å². The van der Waals surface area contributed by atoms with E-state index >= 15 is 4.39 Å². The maximum absolute atomic E-state index is 15.1. The van der Waals surface area contributed by atoms with E-state index in [1.807, 2.05) is 0 Å². The number of halogens is 2. The van der Waals surface area contributed by atoms with Gasteiger partial charge in [0, 0.05) is 42.9 Å². The average Bonchev–Trinajstić information content (AvgIpc) is 3.37. The van der Waals surface area contributed by atoms with E-state index in [0.717, 1.165) is 16.7 Å². The van der Waals surface area contributed by atoms with Gasteiger partial charge in [0.05, 0.1) is 30.3 Å². The molecule has 0 aliphatic carbocycles. The van der Waals surface area contributed by atoms with Crippen molar-refractivity contribution in [1.29, 1.82) is 0 Å². The minimum Gasteiger partial charge on any atom is -0.434 e. The van der Waals surface area contributed by atoms with Gasteiger partial charge >= 0.3 is 12.2 Å². The van der Waals surface area contributed by atoms with Crippen LogP contribution in [0.15, 0.2) is 65.6 Å². The summed E-state index contributed by atoms with van der Waals surface area (Å²) in [5.41, 5.74) is -0.0481. The van der Waals surface area contributed by atoms with Crippen LogP contribution in [0.3, 0.4) is 0 Å². The molecule has 1 aliphatic heterocycles. The van der Waals surface area contributed by atoms with Gasteiger partial charge in [-0.1, -0.05) is 11.6 Å². The molecule has 2 aromatic carbocycles. The molecule has 2 N–H and O–H groups in total. The first-order valence-corrected chi connectivity index (χ1v) is 12.6. The van der Waals surface area contributed by atoms with E-state index in [4.69, 9.17) is 25.8 Å². The van der Waals surface area contributed by atoms with Crippen molar-refractivity contribution in [2.45, 2.75) is 25.5 Å². The summed E-state index contributed by atoms with van der Waals surface area (Å²) < 4.78 is 31.2. The molecule has 0 radical (unpaired) electrons. The number of carbonyl (C=O) groups excluding carboxylic acids is 3. The third-order valence-corrected chi connectivity index (χ3v) is 6.34. The maximum Gasteiger partial charge on any atom is 0.513 e. The van der Waals surface area contributed by atoms with Crippen LogP contribution in [-0.2, 0) is 14.3 Å². The second-order valence-electron chi connectivity index (χ2n) is 8.71. The van der Waals surface area contributed by atoms with Crippen LogP contribution in [0.4, 0.5) is 25.4 Å². The zero-order valence-electron chi connectivity index (χ0n) is 21.6. The molecule has 1 aliphatic rings. The number of aromatic nitrogens is 1. The van der Waals surface area contributed by atoms with Crippen molar-refractivity contribution in [3.63, 3.8) is 0 Å². The Hall–Kier alpha value is -4.42. The number of amides is 3. The molecule has 0 spiro atoms. The first-order chi connectivity index (χ1) is 19.2. The number of nitrogens with zero attached hydrogens (tertiary/aromatic N) is 2. The number of ether oxygens (including phenoxy) is 3. The van der Waals surface area contributed by atoms with Crippen molar-refractivity contribution >= 4 is 41.1 Å². The summed E-state index contributed by atoms with van der Waals surface area (Å²) in [6.45, 7) is 1.87. The lowest BCUT2D eigenvalue weighted by Gasteiger charge is -2.24. The zero-order valence-corrected chi connectivity index (χ0v) is 22.3. The van der Waals surface area contributed by atoms with Crippen LogP contribution in [0.1, 0.15) is 13.3 Å². The Bertz CT molecular complexity index is 1460. The van der Waals surface area contributed by atoms with Gasteiger partial charge in [-0.25, -0.2) is 14.0 Å². The number of anilines is 2. The smallest absolute Gasteiger partial charge is 0.434 e. The number of methoxy groups -OCH3 is 1. The van der Waals surface area contributed by atoms with Crippen LogP contribution in [0.5, 0.6) is 5.75 Å². The molecule has 11 nitrogen and oxygen atoms in total. The molecule has 1 aromatic heterocycles. The largest absolute Gasteiger partial charge is 0.513 e. The fraction of sp³-hybridized carbons (Fsp3) is 0.259. The van der Waals surface area contributed by atoms with Crippen LogP contribution < -0.4 is 20.9 Å². The zero-order chi connectivity index (χ0) is 28.8. The van der Waals surface area contributed by atoms with E-state index < -0.39 is 41.6 Å². The number of pyridine rings is 1. The Morgan fingerprint density at radius 2 is 1.82 bits per heavy atom. The number of hydrogen-bond donors (Lipinski definition) is 2. The van der Waals surface area contributed by atoms with Crippen LogP contribution in [0.25, 0.3) is 5.69 Å². The van der Waals surface area contributed by atoms with Gasteiger partial charge < -0.3 is 29.7 Å². The SMILES string of the molecule is CCOC(=O)Oc1ccc(=O)n(-c2ccc(NC(=O)[C@H]3C[C@@H](OC)CN3C(=O)Nc3ccc(Cl)cc3)c(F)c2)c1. The van der Waals surface area contributed by atoms with Gasteiger partial charge in [-0.05, 0) is 49.4 Å². The van der Waals surface area contributed by atoms with Gasteiger partial charge in [-0.15, -0.1) is 0 Å². The normalized spacial score (nSPS) is 16.4. The summed E-state index contributed by atoms with van der Waals surface area (Å²) in [4.78, 5) is 51.4. The Morgan fingerprint density at radius 1 is 1.07 bits per heavy atom. The quantitative estimate of drug-likeness (QED) is 0.401. The summed E-state index contributed by atoms with van der Waals surface area (Å²) in [7, 11) is 1.48. The lowest BCUT2D eigenvalue weighted by atomic mass is 10.1. The van der Waals surface area contributed by atoms with Crippen LogP contribution in [0.2, 0.25) is 5.02 Å². The first kappa shape index (κ1) is 28.6. The van der Waals surface area contributed by atoms with Gasteiger partial charge in [0.25, 0.3) is 5.56 Å². The molecular formula is C27H26ClFN4O7. The Balaban J connectivity index is 1.49.